The van der Waals surface area contributed by atoms with Gasteiger partial charge in [-0.15, -0.1) is 0 Å². The molecule has 2 aromatic carbocycles. The Hall–Kier alpha value is -2.77. The first-order chi connectivity index (χ1) is 14.1. The molecule has 3 aromatic rings. The first kappa shape index (κ1) is 19.5. The van der Waals surface area contributed by atoms with Gasteiger partial charge in [0.15, 0.2) is 17.3 Å². The van der Waals surface area contributed by atoms with E-state index < -0.39 is 10.8 Å². The molecule has 4 rings (SSSR count). The monoisotopic (exact) mass is 431 g/mol. The van der Waals surface area contributed by atoms with Crippen molar-refractivity contribution in [1.29, 1.82) is 0 Å². The number of carbonyl (C=O) groups excluding carboxylic acids is 1. The minimum atomic E-state index is -1.20. The lowest BCUT2D eigenvalue weighted by molar-refractivity contribution is 0.0921. The van der Waals surface area contributed by atoms with Gasteiger partial charge in [0, 0.05) is 22.4 Å². The molecule has 2 heterocycles. The molecule has 1 N–H and O–H groups in total. The lowest BCUT2D eigenvalue weighted by atomic mass is 10.2. The van der Waals surface area contributed by atoms with E-state index in [2.05, 4.69) is 5.32 Å². The molecule has 0 bridgehead atoms. The normalized spacial score (nSPS) is 13.3. The average Bonchev–Trinajstić information content (AvgIpc) is 3.37. The van der Waals surface area contributed by atoms with E-state index >= 15 is 0 Å². The van der Waals surface area contributed by atoms with Crippen LogP contribution >= 0.6 is 11.6 Å². The Morgan fingerprint density at radius 3 is 2.72 bits per heavy atom. The summed E-state index contributed by atoms with van der Waals surface area (Å²) in [5, 5.41) is 3.38. The maximum atomic E-state index is 12.4. The zero-order chi connectivity index (χ0) is 20.2. The van der Waals surface area contributed by atoms with E-state index in [0.717, 1.165) is 11.1 Å². The molecular formula is C21H18ClNO5S. The predicted molar refractivity (Wildman–Crippen MR) is 109 cm³/mol. The fourth-order valence-electron chi connectivity index (χ4n) is 2.90. The molecule has 8 heteroatoms. The van der Waals surface area contributed by atoms with Gasteiger partial charge in [-0.25, -0.2) is 0 Å². The topological polar surface area (TPSA) is 77.8 Å². The van der Waals surface area contributed by atoms with Gasteiger partial charge in [0.25, 0.3) is 5.91 Å². The van der Waals surface area contributed by atoms with Crippen molar-refractivity contribution in [1.82, 2.24) is 5.32 Å². The smallest absolute Gasteiger partial charge is 0.287 e. The highest BCUT2D eigenvalue weighted by molar-refractivity contribution is 7.83. The minimum Gasteiger partial charge on any atom is -0.455 e. The lowest BCUT2D eigenvalue weighted by Gasteiger charge is -2.05. The third-order valence-electron chi connectivity index (χ3n) is 4.35. The first-order valence-electron chi connectivity index (χ1n) is 8.92. The summed E-state index contributed by atoms with van der Waals surface area (Å²) in [7, 11) is -1.20. The van der Waals surface area contributed by atoms with Crippen molar-refractivity contribution in [2.24, 2.45) is 0 Å². The molecule has 1 unspecified atom stereocenters. The van der Waals surface area contributed by atoms with Gasteiger partial charge < -0.3 is 19.2 Å². The van der Waals surface area contributed by atoms with Crippen molar-refractivity contribution in [2.75, 3.05) is 6.79 Å². The van der Waals surface area contributed by atoms with E-state index in [-0.39, 0.29) is 24.2 Å². The number of furan rings is 1. The molecule has 1 atom stereocenters. The number of fused-ring (bicyclic) bond motifs is 1. The molecule has 0 saturated heterocycles. The first-order valence-corrected chi connectivity index (χ1v) is 10.8. The fourth-order valence-corrected chi connectivity index (χ4v) is 4.35. The highest BCUT2D eigenvalue weighted by atomic mass is 35.5. The number of nitrogens with one attached hydrogen (secondary N) is 1. The third-order valence-corrected chi connectivity index (χ3v) is 5.96. The third kappa shape index (κ3) is 4.81. The van der Waals surface area contributed by atoms with Gasteiger partial charge in [0.2, 0.25) is 6.79 Å². The van der Waals surface area contributed by atoms with Gasteiger partial charge in [-0.2, -0.15) is 0 Å². The summed E-state index contributed by atoms with van der Waals surface area (Å²) in [6.45, 7) is 0.530. The molecule has 0 saturated carbocycles. The quantitative estimate of drug-likeness (QED) is 0.610. The van der Waals surface area contributed by atoms with E-state index in [0.29, 0.717) is 34.6 Å². The molecule has 0 fully saturated rings. The number of hydrogen-bond donors (Lipinski definition) is 1. The average molecular weight is 432 g/mol. The Kier molecular flexibility index (Phi) is 5.87. The molecule has 1 amide bonds. The van der Waals surface area contributed by atoms with Crippen LogP contribution in [0.3, 0.4) is 0 Å². The van der Waals surface area contributed by atoms with Crippen LogP contribution in [-0.2, 0) is 28.9 Å². The van der Waals surface area contributed by atoms with E-state index in [9.17, 15) is 9.00 Å². The molecule has 6 nitrogen and oxygen atoms in total. The van der Waals surface area contributed by atoms with E-state index in [4.69, 9.17) is 25.5 Å². The summed E-state index contributed by atoms with van der Waals surface area (Å²) in [5.41, 5.74) is 1.70. The maximum absolute atomic E-state index is 12.4. The fraction of sp³-hybridized carbons (Fsp3) is 0.190. The molecule has 150 valence electrons. The van der Waals surface area contributed by atoms with Crippen LogP contribution in [0.1, 0.15) is 27.4 Å². The molecule has 0 radical (unpaired) electrons. The molecule has 0 spiro atoms. The minimum absolute atomic E-state index is 0.176. The lowest BCUT2D eigenvalue weighted by Crippen LogP contribution is -2.22. The van der Waals surface area contributed by atoms with Crippen molar-refractivity contribution in [3.8, 4) is 11.5 Å². The number of rotatable bonds is 7. The Morgan fingerprint density at radius 2 is 1.86 bits per heavy atom. The highest BCUT2D eigenvalue weighted by Gasteiger charge is 2.16. The summed E-state index contributed by atoms with van der Waals surface area (Å²) in [6.07, 6.45) is 0. The summed E-state index contributed by atoms with van der Waals surface area (Å²) in [4.78, 5) is 12.3. The van der Waals surface area contributed by atoms with E-state index in [1.807, 2.05) is 36.4 Å². The van der Waals surface area contributed by atoms with Gasteiger partial charge in [-0.1, -0.05) is 35.9 Å². The molecule has 1 aromatic heterocycles. The molecule has 29 heavy (non-hydrogen) atoms. The highest BCUT2D eigenvalue weighted by Crippen LogP contribution is 2.32. The summed E-state index contributed by atoms with van der Waals surface area (Å²) in [6, 6.07) is 16.0. The summed E-state index contributed by atoms with van der Waals surface area (Å²) >= 11 is 6.11. The maximum Gasteiger partial charge on any atom is 0.287 e. The van der Waals surface area contributed by atoms with Crippen LogP contribution < -0.4 is 14.8 Å². The number of ether oxygens (including phenoxy) is 2. The van der Waals surface area contributed by atoms with Crippen molar-refractivity contribution >= 4 is 28.3 Å². The van der Waals surface area contributed by atoms with Crippen LogP contribution in [0, 0.1) is 0 Å². The van der Waals surface area contributed by atoms with E-state index in [1.165, 1.54) is 0 Å². The van der Waals surface area contributed by atoms with Gasteiger partial charge in [-0.3, -0.25) is 9.00 Å². The number of hydrogen-bond acceptors (Lipinski definition) is 5. The number of halogens is 1. The van der Waals surface area contributed by atoms with Crippen molar-refractivity contribution in [2.45, 2.75) is 18.1 Å². The summed E-state index contributed by atoms with van der Waals surface area (Å²) < 4.78 is 28.6. The Morgan fingerprint density at radius 1 is 1.03 bits per heavy atom. The predicted octanol–water partition coefficient (Wildman–Crippen LogP) is 4.04. The van der Waals surface area contributed by atoms with E-state index in [1.54, 1.807) is 18.2 Å². The van der Waals surface area contributed by atoms with Crippen LogP contribution in [0.25, 0.3) is 0 Å². The number of benzene rings is 2. The van der Waals surface area contributed by atoms with Crippen LogP contribution in [0.15, 0.2) is 59.0 Å². The zero-order valence-electron chi connectivity index (χ0n) is 15.4. The second-order valence-electron chi connectivity index (χ2n) is 6.46. The molecule has 1 aliphatic heterocycles. The van der Waals surface area contributed by atoms with Gasteiger partial charge >= 0.3 is 0 Å². The van der Waals surface area contributed by atoms with Crippen molar-refractivity contribution in [3.05, 3.63) is 82.3 Å². The van der Waals surface area contributed by atoms with Crippen molar-refractivity contribution < 1.29 is 22.9 Å². The van der Waals surface area contributed by atoms with Gasteiger partial charge in [-0.05, 0) is 41.5 Å². The number of amides is 1. The van der Waals surface area contributed by atoms with Gasteiger partial charge in [0.05, 0.1) is 11.5 Å². The Balaban J connectivity index is 1.31. The van der Waals surface area contributed by atoms with Crippen LogP contribution in [0.5, 0.6) is 11.5 Å². The summed E-state index contributed by atoms with van der Waals surface area (Å²) in [5.74, 6) is 2.22. The van der Waals surface area contributed by atoms with Crippen LogP contribution in [0.4, 0.5) is 0 Å². The molecule has 0 aliphatic carbocycles. The Bertz CT molecular complexity index is 1060. The largest absolute Gasteiger partial charge is 0.455 e. The SMILES string of the molecule is O=C(NCc1ccc2c(c1)OCO2)c1ccc(CS(=O)Cc2ccccc2Cl)o1. The van der Waals surface area contributed by atoms with Gasteiger partial charge in [0.1, 0.15) is 5.76 Å². The zero-order valence-corrected chi connectivity index (χ0v) is 16.9. The van der Waals surface area contributed by atoms with Crippen LogP contribution in [-0.4, -0.2) is 16.9 Å². The molecular weight excluding hydrogens is 414 g/mol. The second-order valence-corrected chi connectivity index (χ2v) is 8.32. The van der Waals surface area contributed by atoms with Crippen LogP contribution in [0.2, 0.25) is 5.02 Å². The molecule has 1 aliphatic rings. The van der Waals surface area contributed by atoms with Crippen molar-refractivity contribution in [3.63, 3.8) is 0 Å². The Labute approximate surface area is 175 Å². The number of carbonyl (C=O) groups is 1. The second kappa shape index (κ2) is 8.71. The standard InChI is InChI=1S/C21H18ClNO5S/c22-17-4-2-1-3-15(17)11-29(25)12-16-6-8-19(28-16)21(24)23-10-14-5-7-18-20(9-14)27-13-26-18/h1-9H,10-13H2,(H,23,24).